The standard InChI is InChI=1S/C58H100O6/c1-4-7-10-13-16-19-22-25-27-28-29-31-33-36-39-42-45-48-51-57(60)63-54-55(53-62-56(59)50-47-44-41-38-35-32-24-21-18-15-12-9-6-3)64-58(61)52-49-46-43-40-37-34-30-26-23-20-17-14-11-8-5-2/h8,11,17,20-21,24,26-28,30,37,40,55H,4-7,9-10,12-16,18-19,22-23,25,29,31-36,38-39,41-54H2,1-3H3/b11-8-,20-17-,24-21-,28-27-,30-26-,40-37-. The topological polar surface area (TPSA) is 78.9 Å². The highest BCUT2D eigenvalue weighted by molar-refractivity contribution is 5.71. The van der Waals surface area contributed by atoms with Crippen LogP contribution in [0.3, 0.4) is 0 Å². The number of hydrogen-bond acceptors (Lipinski definition) is 6. The van der Waals surface area contributed by atoms with Crippen molar-refractivity contribution in [2.24, 2.45) is 0 Å². The van der Waals surface area contributed by atoms with Crippen molar-refractivity contribution in [3.05, 3.63) is 72.9 Å². The normalized spacial score (nSPS) is 12.6. The second kappa shape index (κ2) is 52.5. The van der Waals surface area contributed by atoms with Gasteiger partial charge in [0.1, 0.15) is 13.2 Å². The Hall–Kier alpha value is -3.15. The first kappa shape index (κ1) is 60.9. The van der Waals surface area contributed by atoms with E-state index in [1.807, 2.05) is 0 Å². The zero-order chi connectivity index (χ0) is 46.5. The Morgan fingerprint density at radius 3 is 1.02 bits per heavy atom. The first-order chi connectivity index (χ1) is 31.5. The zero-order valence-corrected chi connectivity index (χ0v) is 42.0. The maximum Gasteiger partial charge on any atom is 0.306 e. The van der Waals surface area contributed by atoms with E-state index < -0.39 is 6.10 Å². The number of unbranched alkanes of at least 4 members (excludes halogenated alkanes) is 25. The summed E-state index contributed by atoms with van der Waals surface area (Å²) in [5, 5.41) is 0. The third-order valence-electron chi connectivity index (χ3n) is 11.4. The number of rotatable bonds is 48. The van der Waals surface area contributed by atoms with E-state index in [1.54, 1.807) is 0 Å². The Kier molecular flexibility index (Phi) is 49.9. The van der Waals surface area contributed by atoms with Crippen molar-refractivity contribution in [1.29, 1.82) is 0 Å². The van der Waals surface area contributed by atoms with Crippen molar-refractivity contribution in [2.45, 2.75) is 264 Å². The van der Waals surface area contributed by atoms with Gasteiger partial charge in [-0.3, -0.25) is 14.4 Å². The third kappa shape index (κ3) is 49.9. The van der Waals surface area contributed by atoms with Crippen LogP contribution in [0.25, 0.3) is 0 Å². The molecule has 0 aliphatic rings. The average molecular weight is 893 g/mol. The maximum absolute atomic E-state index is 12.8. The van der Waals surface area contributed by atoms with E-state index in [1.165, 1.54) is 128 Å². The summed E-state index contributed by atoms with van der Waals surface area (Å²) < 4.78 is 16.8. The van der Waals surface area contributed by atoms with Crippen LogP contribution in [0.15, 0.2) is 72.9 Å². The third-order valence-corrected chi connectivity index (χ3v) is 11.4. The van der Waals surface area contributed by atoms with Gasteiger partial charge in [-0.05, 0) is 109 Å². The molecule has 368 valence electrons. The quantitative estimate of drug-likeness (QED) is 0.0262. The first-order valence-corrected chi connectivity index (χ1v) is 26.9. The molecule has 0 amide bonds. The van der Waals surface area contributed by atoms with Crippen LogP contribution < -0.4 is 0 Å². The molecule has 0 fully saturated rings. The fraction of sp³-hybridized carbons (Fsp3) is 0.741. The van der Waals surface area contributed by atoms with Gasteiger partial charge >= 0.3 is 17.9 Å². The Morgan fingerprint density at radius 1 is 0.328 bits per heavy atom. The van der Waals surface area contributed by atoms with Crippen molar-refractivity contribution >= 4 is 17.9 Å². The van der Waals surface area contributed by atoms with E-state index in [4.69, 9.17) is 14.2 Å². The molecule has 0 aliphatic heterocycles. The predicted octanol–water partition coefficient (Wildman–Crippen LogP) is 17.8. The number of carbonyl (C=O) groups excluding carboxylic acids is 3. The highest BCUT2D eigenvalue weighted by Crippen LogP contribution is 2.14. The maximum atomic E-state index is 12.8. The summed E-state index contributed by atoms with van der Waals surface area (Å²) in [7, 11) is 0. The van der Waals surface area contributed by atoms with Crippen LogP contribution in [0, 0.1) is 0 Å². The van der Waals surface area contributed by atoms with Gasteiger partial charge < -0.3 is 14.2 Å². The minimum absolute atomic E-state index is 0.0967. The largest absolute Gasteiger partial charge is 0.462 e. The molecule has 0 bridgehead atoms. The molecule has 0 spiro atoms. The van der Waals surface area contributed by atoms with Gasteiger partial charge in [0.15, 0.2) is 6.10 Å². The molecule has 0 radical (unpaired) electrons. The molecule has 0 saturated carbocycles. The van der Waals surface area contributed by atoms with Crippen LogP contribution in [0.5, 0.6) is 0 Å². The van der Waals surface area contributed by atoms with E-state index in [0.29, 0.717) is 19.3 Å². The second-order valence-electron chi connectivity index (χ2n) is 17.7. The average Bonchev–Trinajstić information content (AvgIpc) is 3.29. The Bertz CT molecular complexity index is 1210. The number of hydrogen-bond donors (Lipinski definition) is 0. The van der Waals surface area contributed by atoms with E-state index in [-0.39, 0.29) is 37.5 Å². The van der Waals surface area contributed by atoms with Gasteiger partial charge in [0.05, 0.1) is 0 Å². The molecule has 0 aromatic rings. The summed E-state index contributed by atoms with van der Waals surface area (Å²) in [5.41, 5.74) is 0. The van der Waals surface area contributed by atoms with E-state index in [9.17, 15) is 14.4 Å². The van der Waals surface area contributed by atoms with Crippen LogP contribution in [-0.2, 0) is 28.6 Å². The van der Waals surface area contributed by atoms with Crippen LogP contribution in [0.4, 0.5) is 0 Å². The number of ether oxygens (including phenoxy) is 3. The molecule has 0 heterocycles. The van der Waals surface area contributed by atoms with Crippen LogP contribution >= 0.6 is 0 Å². The number of carbonyl (C=O) groups is 3. The van der Waals surface area contributed by atoms with Gasteiger partial charge in [-0.15, -0.1) is 0 Å². The summed E-state index contributed by atoms with van der Waals surface area (Å²) in [6.07, 6.45) is 66.0. The van der Waals surface area contributed by atoms with Gasteiger partial charge in [-0.1, -0.05) is 203 Å². The van der Waals surface area contributed by atoms with Gasteiger partial charge in [0.25, 0.3) is 0 Å². The first-order valence-electron chi connectivity index (χ1n) is 26.9. The lowest BCUT2D eigenvalue weighted by Gasteiger charge is -2.18. The lowest BCUT2D eigenvalue weighted by atomic mass is 10.1. The lowest BCUT2D eigenvalue weighted by Crippen LogP contribution is -2.30. The minimum Gasteiger partial charge on any atom is -0.462 e. The Balaban J connectivity index is 4.43. The van der Waals surface area contributed by atoms with Crippen molar-refractivity contribution in [1.82, 2.24) is 0 Å². The molecule has 6 heteroatoms. The summed E-state index contributed by atoms with van der Waals surface area (Å²) in [6, 6.07) is 0. The molecule has 1 unspecified atom stereocenters. The van der Waals surface area contributed by atoms with E-state index in [0.717, 1.165) is 83.5 Å². The second-order valence-corrected chi connectivity index (χ2v) is 17.7. The van der Waals surface area contributed by atoms with Crippen LogP contribution in [0.1, 0.15) is 258 Å². The molecule has 6 nitrogen and oxygen atoms in total. The van der Waals surface area contributed by atoms with Crippen molar-refractivity contribution in [3.63, 3.8) is 0 Å². The minimum atomic E-state index is -0.801. The SMILES string of the molecule is CC/C=C\C/C=C\C/C=C\C/C=C\CCCCC(=O)OC(COC(=O)CCCCCCC/C=C\CCCCCC)COC(=O)CCCCCCCCC/C=C\CCCCCCCCC. The highest BCUT2D eigenvalue weighted by Gasteiger charge is 2.19. The summed E-state index contributed by atoms with van der Waals surface area (Å²) >= 11 is 0. The Labute approximate surface area is 395 Å². The van der Waals surface area contributed by atoms with Crippen LogP contribution in [0.2, 0.25) is 0 Å². The smallest absolute Gasteiger partial charge is 0.306 e. The molecule has 0 saturated heterocycles. The lowest BCUT2D eigenvalue weighted by molar-refractivity contribution is -0.167. The molecule has 0 aromatic heterocycles. The van der Waals surface area contributed by atoms with Gasteiger partial charge in [0.2, 0.25) is 0 Å². The molecular weight excluding hydrogens is 793 g/mol. The van der Waals surface area contributed by atoms with Crippen molar-refractivity contribution in [2.75, 3.05) is 13.2 Å². The molecule has 64 heavy (non-hydrogen) atoms. The zero-order valence-electron chi connectivity index (χ0n) is 42.0. The molecule has 0 aliphatic carbocycles. The fourth-order valence-electron chi connectivity index (χ4n) is 7.36. The summed E-state index contributed by atoms with van der Waals surface area (Å²) in [6.45, 7) is 6.47. The van der Waals surface area contributed by atoms with Gasteiger partial charge in [0, 0.05) is 19.3 Å². The Morgan fingerprint density at radius 2 is 0.609 bits per heavy atom. The fourth-order valence-corrected chi connectivity index (χ4v) is 7.36. The molecule has 0 aromatic carbocycles. The predicted molar refractivity (Wildman–Crippen MR) is 274 cm³/mol. The monoisotopic (exact) mass is 893 g/mol. The highest BCUT2D eigenvalue weighted by atomic mass is 16.6. The number of esters is 3. The van der Waals surface area contributed by atoms with Crippen molar-refractivity contribution < 1.29 is 28.6 Å². The molecule has 1 atom stereocenters. The van der Waals surface area contributed by atoms with E-state index in [2.05, 4.69) is 93.7 Å². The molecular formula is C58H100O6. The summed E-state index contributed by atoms with van der Waals surface area (Å²) in [4.78, 5) is 38.0. The van der Waals surface area contributed by atoms with Gasteiger partial charge in [-0.25, -0.2) is 0 Å². The van der Waals surface area contributed by atoms with Gasteiger partial charge in [-0.2, -0.15) is 0 Å². The van der Waals surface area contributed by atoms with Crippen molar-refractivity contribution in [3.8, 4) is 0 Å². The number of allylic oxidation sites excluding steroid dienone is 12. The summed E-state index contributed by atoms with van der Waals surface area (Å²) in [5.74, 6) is -0.948. The van der Waals surface area contributed by atoms with Crippen LogP contribution in [-0.4, -0.2) is 37.2 Å². The van der Waals surface area contributed by atoms with E-state index >= 15 is 0 Å². The molecule has 0 N–H and O–H groups in total. The molecule has 0 rings (SSSR count).